The van der Waals surface area contributed by atoms with E-state index in [0.717, 1.165) is 18.5 Å². The van der Waals surface area contributed by atoms with Crippen LogP contribution >= 0.6 is 0 Å². The van der Waals surface area contributed by atoms with Crippen LogP contribution in [0.4, 0.5) is 0 Å². The lowest BCUT2D eigenvalue weighted by atomic mass is 10.1. The van der Waals surface area contributed by atoms with E-state index in [0.29, 0.717) is 6.54 Å². The molecule has 0 aliphatic heterocycles. The number of aromatic nitrogens is 2. The number of nitrogens with zero attached hydrogens (tertiary/aromatic N) is 3. The summed E-state index contributed by atoms with van der Waals surface area (Å²) in [5.41, 5.74) is 6.74. The van der Waals surface area contributed by atoms with Crippen LogP contribution in [-0.4, -0.2) is 15.6 Å². The Bertz CT molecular complexity index is 297. The lowest BCUT2D eigenvalue weighted by molar-refractivity contribution is 0.638. The minimum absolute atomic E-state index is 0.172. The summed E-state index contributed by atoms with van der Waals surface area (Å²) in [5, 5.41) is 8.43. The van der Waals surface area contributed by atoms with Gasteiger partial charge in [0.25, 0.3) is 0 Å². The highest BCUT2D eigenvalue weighted by Gasteiger charge is 2.03. The molecule has 13 heavy (non-hydrogen) atoms. The van der Waals surface area contributed by atoms with Crippen molar-refractivity contribution in [3.05, 3.63) is 18.2 Å². The van der Waals surface area contributed by atoms with Crippen molar-refractivity contribution in [1.82, 2.24) is 9.55 Å². The van der Waals surface area contributed by atoms with Crippen molar-refractivity contribution in [3.63, 3.8) is 0 Å². The standard InChI is InChI=1S/C9H14N4/c1-2-8(11)5-9-6-13(4-3-10)7-12-9/h6-8H,2,4-5,11H2,1H3. The Balaban J connectivity index is 2.54. The van der Waals surface area contributed by atoms with Crippen LogP contribution in [0.5, 0.6) is 0 Å². The molecule has 1 heterocycles. The van der Waals surface area contributed by atoms with Gasteiger partial charge in [0, 0.05) is 18.7 Å². The third-order valence-corrected chi connectivity index (χ3v) is 1.94. The number of rotatable bonds is 4. The van der Waals surface area contributed by atoms with Crippen LogP contribution in [0.2, 0.25) is 0 Å². The molecule has 1 rings (SSSR count). The Kier molecular flexibility index (Phi) is 3.47. The van der Waals surface area contributed by atoms with E-state index in [1.165, 1.54) is 0 Å². The van der Waals surface area contributed by atoms with Crippen LogP contribution in [0, 0.1) is 11.3 Å². The van der Waals surface area contributed by atoms with Gasteiger partial charge in [0.1, 0.15) is 6.54 Å². The molecule has 0 amide bonds. The normalized spacial score (nSPS) is 12.4. The van der Waals surface area contributed by atoms with Crippen LogP contribution in [0.25, 0.3) is 0 Å². The third-order valence-electron chi connectivity index (χ3n) is 1.94. The highest BCUT2D eigenvalue weighted by molar-refractivity contribution is 5.00. The molecule has 4 heteroatoms. The van der Waals surface area contributed by atoms with Gasteiger partial charge < -0.3 is 10.3 Å². The molecular formula is C9H14N4. The van der Waals surface area contributed by atoms with Gasteiger partial charge in [-0.3, -0.25) is 0 Å². The maximum atomic E-state index is 8.43. The van der Waals surface area contributed by atoms with Crippen molar-refractivity contribution in [2.45, 2.75) is 32.4 Å². The molecule has 0 aromatic carbocycles. The quantitative estimate of drug-likeness (QED) is 0.737. The fraction of sp³-hybridized carbons (Fsp3) is 0.556. The molecule has 1 unspecified atom stereocenters. The van der Waals surface area contributed by atoms with Gasteiger partial charge in [0.2, 0.25) is 0 Å². The Morgan fingerprint density at radius 1 is 1.77 bits per heavy atom. The molecule has 0 aliphatic carbocycles. The second kappa shape index (κ2) is 4.63. The van der Waals surface area contributed by atoms with Crippen LogP contribution in [0.3, 0.4) is 0 Å². The van der Waals surface area contributed by atoms with E-state index in [9.17, 15) is 0 Å². The van der Waals surface area contributed by atoms with E-state index < -0.39 is 0 Å². The lowest BCUT2D eigenvalue weighted by Gasteiger charge is -2.04. The third kappa shape index (κ3) is 2.88. The molecule has 1 aromatic rings. The first-order valence-electron chi connectivity index (χ1n) is 4.39. The number of nitrogens with two attached hydrogens (primary N) is 1. The van der Waals surface area contributed by atoms with Gasteiger partial charge in [0.15, 0.2) is 0 Å². The minimum Gasteiger partial charge on any atom is -0.327 e. The molecule has 2 N–H and O–H groups in total. The smallest absolute Gasteiger partial charge is 0.111 e. The second-order valence-corrected chi connectivity index (χ2v) is 3.07. The molecule has 0 fully saturated rings. The van der Waals surface area contributed by atoms with Gasteiger partial charge in [-0.2, -0.15) is 5.26 Å². The largest absolute Gasteiger partial charge is 0.327 e. The van der Waals surface area contributed by atoms with Crippen molar-refractivity contribution in [1.29, 1.82) is 5.26 Å². The van der Waals surface area contributed by atoms with Crippen molar-refractivity contribution in [2.75, 3.05) is 0 Å². The van der Waals surface area contributed by atoms with Gasteiger partial charge in [-0.15, -0.1) is 0 Å². The summed E-state index contributed by atoms with van der Waals surface area (Å²) in [5.74, 6) is 0. The summed E-state index contributed by atoms with van der Waals surface area (Å²) in [6.07, 6.45) is 5.28. The van der Waals surface area contributed by atoms with E-state index in [2.05, 4.69) is 18.0 Å². The van der Waals surface area contributed by atoms with E-state index in [1.807, 2.05) is 6.20 Å². The summed E-state index contributed by atoms with van der Waals surface area (Å²) in [6, 6.07) is 2.23. The Morgan fingerprint density at radius 3 is 3.15 bits per heavy atom. The Labute approximate surface area is 78.0 Å². The minimum atomic E-state index is 0.172. The lowest BCUT2D eigenvalue weighted by Crippen LogP contribution is -2.21. The van der Waals surface area contributed by atoms with Crippen molar-refractivity contribution in [3.8, 4) is 6.07 Å². The highest BCUT2D eigenvalue weighted by atomic mass is 15.0. The Hall–Kier alpha value is -1.34. The first kappa shape index (κ1) is 9.75. The summed E-state index contributed by atoms with van der Waals surface area (Å²) >= 11 is 0. The van der Waals surface area contributed by atoms with Crippen molar-refractivity contribution >= 4 is 0 Å². The topological polar surface area (TPSA) is 67.6 Å². The maximum absolute atomic E-state index is 8.43. The van der Waals surface area contributed by atoms with E-state index in [1.54, 1.807) is 10.9 Å². The molecule has 0 bridgehead atoms. The first-order valence-corrected chi connectivity index (χ1v) is 4.39. The van der Waals surface area contributed by atoms with Crippen LogP contribution in [0.1, 0.15) is 19.0 Å². The Morgan fingerprint density at radius 2 is 2.54 bits per heavy atom. The maximum Gasteiger partial charge on any atom is 0.111 e. The summed E-state index contributed by atoms with van der Waals surface area (Å²) in [4.78, 5) is 4.15. The average molecular weight is 178 g/mol. The van der Waals surface area contributed by atoms with Gasteiger partial charge in [-0.25, -0.2) is 4.98 Å². The number of hydrogen-bond acceptors (Lipinski definition) is 3. The SMILES string of the molecule is CCC(N)Cc1cn(CC#N)cn1. The van der Waals surface area contributed by atoms with Gasteiger partial charge >= 0.3 is 0 Å². The molecular weight excluding hydrogens is 164 g/mol. The zero-order valence-corrected chi connectivity index (χ0v) is 7.77. The van der Waals surface area contributed by atoms with Crippen molar-refractivity contribution in [2.24, 2.45) is 5.73 Å². The molecule has 4 nitrogen and oxygen atoms in total. The van der Waals surface area contributed by atoms with Crippen LogP contribution in [-0.2, 0) is 13.0 Å². The molecule has 1 atom stereocenters. The monoisotopic (exact) mass is 178 g/mol. The van der Waals surface area contributed by atoms with Crippen LogP contribution < -0.4 is 5.73 Å². The molecule has 0 saturated carbocycles. The first-order chi connectivity index (χ1) is 6.26. The summed E-state index contributed by atoms with van der Waals surface area (Å²) in [7, 11) is 0. The number of imidazole rings is 1. The molecule has 0 radical (unpaired) electrons. The average Bonchev–Trinajstić information content (AvgIpc) is 2.53. The van der Waals surface area contributed by atoms with Gasteiger partial charge in [-0.05, 0) is 6.42 Å². The highest BCUT2D eigenvalue weighted by Crippen LogP contribution is 2.01. The van der Waals surface area contributed by atoms with E-state index >= 15 is 0 Å². The molecule has 0 aliphatic rings. The predicted molar refractivity (Wildman–Crippen MR) is 49.8 cm³/mol. The fourth-order valence-corrected chi connectivity index (χ4v) is 1.09. The number of nitriles is 1. The van der Waals surface area contributed by atoms with Crippen LogP contribution in [0.15, 0.2) is 12.5 Å². The molecule has 70 valence electrons. The zero-order chi connectivity index (χ0) is 9.68. The van der Waals surface area contributed by atoms with Crippen molar-refractivity contribution < 1.29 is 0 Å². The number of hydrogen-bond donors (Lipinski definition) is 1. The van der Waals surface area contributed by atoms with E-state index in [-0.39, 0.29) is 6.04 Å². The summed E-state index contributed by atoms with van der Waals surface area (Å²) in [6.45, 7) is 2.41. The summed E-state index contributed by atoms with van der Waals surface area (Å²) < 4.78 is 1.76. The molecule has 0 spiro atoms. The molecule has 0 saturated heterocycles. The zero-order valence-electron chi connectivity index (χ0n) is 7.77. The fourth-order valence-electron chi connectivity index (χ4n) is 1.09. The predicted octanol–water partition coefficient (Wildman–Crippen LogP) is 0.686. The molecule has 1 aromatic heterocycles. The van der Waals surface area contributed by atoms with Gasteiger partial charge in [-0.1, -0.05) is 6.92 Å². The van der Waals surface area contributed by atoms with Gasteiger partial charge in [0.05, 0.1) is 18.1 Å². The second-order valence-electron chi connectivity index (χ2n) is 3.07. The van der Waals surface area contributed by atoms with E-state index in [4.69, 9.17) is 11.0 Å².